The van der Waals surface area contributed by atoms with Gasteiger partial charge in [-0.1, -0.05) is 76.2 Å². The summed E-state index contributed by atoms with van der Waals surface area (Å²) in [7, 11) is 0. The number of aryl methyl sites for hydroxylation is 1. The van der Waals surface area contributed by atoms with Crippen LogP contribution in [0.5, 0.6) is 0 Å². The Morgan fingerprint density at radius 2 is 1.39 bits per heavy atom. The first-order chi connectivity index (χ1) is 8.68. The zero-order chi connectivity index (χ0) is 13.5. The van der Waals surface area contributed by atoms with Crippen LogP contribution in [-0.2, 0) is 0 Å². The Morgan fingerprint density at radius 3 is 1.89 bits per heavy atom. The monoisotopic (exact) mass is 240 g/mol. The summed E-state index contributed by atoms with van der Waals surface area (Å²) in [6.45, 7) is 10.7. The Hall–Kier alpha value is -1.56. The summed E-state index contributed by atoms with van der Waals surface area (Å²) < 4.78 is 0. The predicted molar refractivity (Wildman–Crippen MR) is 82.1 cm³/mol. The van der Waals surface area contributed by atoms with Gasteiger partial charge in [-0.3, -0.25) is 0 Å². The molecule has 0 aromatic heterocycles. The maximum absolute atomic E-state index is 2.28. The Labute approximate surface area is 112 Å². The molecule has 0 spiro atoms. The molecule has 96 valence electrons. The van der Waals surface area contributed by atoms with Gasteiger partial charge in [-0.2, -0.15) is 0 Å². The lowest BCUT2D eigenvalue weighted by molar-refractivity contribution is 0.857. The van der Waals surface area contributed by atoms with Crippen LogP contribution in [0.3, 0.4) is 0 Å². The fourth-order valence-corrected chi connectivity index (χ4v) is 2.13. The Morgan fingerprint density at radius 1 is 0.778 bits per heavy atom. The lowest BCUT2D eigenvalue weighted by Crippen LogP contribution is -1.92. The minimum Gasteiger partial charge on any atom is -0.0683 e. The van der Waals surface area contributed by atoms with Gasteiger partial charge in [-0.15, -0.1) is 0 Å². The van der Waals surface area contributed by atoms with E-state index in [0.717, 1.165) is 0 Å². The van der Waals surface area contributed by atoms with Crippen molar-refractivity contribution in [1.82, 2.24) is 0 Å². The van der Waals surface area contributed by atoms with Crippen molar-refractivity contribution in [3.63, 3.8) is 0 Å². The summed E-state index contributed by atoms with van der Waals surface area (Å²) in [6.07, 6.45) is 0. The van der Waals surface area contributed by atoms with Crippen molar-refractivity contribution >= 4 is 0 Å². The molecular weight excluding hydrogens is 216 g/mol. The van der Waals surface area contributed by atoms with E-state index in [4.69, 9.17) is 0 Å². The summed E-state index contributed by atoms with van der Waals surface area (Å²) in [5.41, 5.74) is 5.43. The average Bonchev–Trinajstić information content (AvgIpc) is 2.41. The van der Waals surface area contributed by atoms with Crippen molar-refractivity contribution in [2.75, 3.05) is 0 Å². The van der Waals surface area contributed by atoms with Gasteiger partial charge in [0, 0.05) is 0 Å². The molecule has 0 amide bonds. The largest absolute Gasteiger partial charge is 0.0683 e. The Kier molecular flexibility index (Phi) is 5.64. The van der Waals surface area contributed by atoms with Gasteiger partial charge in [0.05, 0.1) is 0 Å². The summed E-state index contributed by atoms with van der Waals surface area (Å²) in [4.78, 5) is 0. The molecule has 2 aromatic rings. The second-order valence-electron chi connectivity index (χ2n) is 4.59. The highest BCUT2D eigenvalue weighted by molar-refractivity contribution is 5.64. The van der Waals surface area contributed by atoms with E-state index in [1.165, 1.54) is 22.3 Å². The quantitative estimate of drug-likeness (QED) is 0.621. The van der Waals surface area contributed by atoms with Gasteiger partial charge in [0.2, 0.25) is 0 Å². The van der Waals surface area contributed by atoms with E-state index in [2.05, 4.69) is 69.3 Å². The van der Waals surface area contributed by atoms with Crippen LogP contribution in [0, 0.1) is 6.92 Å². The van der Waals surface area contributed by atoms with Crippen LogP contribution >= 0.6 is 0 Å². The lowest BCUT2D eigenvalue weighted by atomic mass is 9.94. The van der Waals surface area contributed by atoms with Gasteiger partial charge in [0.15, 0.2) is 0 Å². The van der Waals surface area contributed by atoms with E-state index >= 15 is 0 Å². The topological polar surface area (TPSA) is 0 Å². The Bertz CT molecular complexity index is 467. The molecule has 0 aliphatic heterocycles. The maximum atomic E-state index is 2.28. The molecule has 2 rings (SSSR count). The van der Waals surface area contributed by atoms with Crippen molar-refractivity contribution in [1.29, 1.82) is 0 Å². The van der Waals surface area contributed by atoms with E-state index in [-0.39, 0.29) is 0 Å². The van der Waals surface area contributed by atoms with Crippen molar-refractivity contribution in [2.45, 2.75) is 40.5 Å². The van der Waals surface area contributed by atoms with E-state index < -0.39 is 0 Å². The van der Waals surface area contributed by atoms with Crippen molar-refractivity contribution < 1.29 is 0 Å². The summed E-state index contributed by atoms with van der Waals surface area (Å²) in [5.74, 6) is 0.602. The smallest absolute Gasteiger partial charge is 0.0181 e. The van der Waals surface area contributed by atoms with Crippen LogP contribution in [0.1, 0.15) is 44.7 Å². The molecule has 0 atom stereocenters. The van der Waals surface area contributed by atoms with Crippen LogP contribution in [0.2, 0.25) is 0 Å². The molecule has 0 fully saturated rings. The first kappa shape index (κ1) is 14.5. The van der Waals surface area contributed by atoms with Crippen LogP contribution < -0.4 is 0 Å². The predicted octanol–water partition coefficient (Wildman–Crippen LogP) is 5.81. The normalized spacial score (nSPS) is 9.89. The molecule has 0 aliphatic rings. The molecule has 0 radical (unpaired) electrons. The third-order valence-corrected chi connectivity index (χ3v) is 3.00. The maximum Gasteiger partial charge on any atom is -0.0181 e. The molecule has 0 heteroatoms. The van der Waals surface area contributed by atoms with Crippen molar-refractivity contribution in [2.24, 2.45) is 0 Å². The SMILES string of the molecule is CC.Cc1cc(-c2ccccc2)ccc1C(C)C. The molecule has 2 aromatic carbocycles. The van der Waals surface area contributed by atoms with Gasteiger partial charge in [-0.25, -0.2) is 0 Å². The highest BCUT2D eigenvalue weighted by atomic mass is 14.1. The summed E-state index contributed by atoms with van der Waals surface area (Å²) in [6, 6.07) is 17.3. The molecule has 0 heterocycles. The van der Waals surface area contributed by atoms with Gasteiger partial charge in [-0.05, 0) is 35.1 Å². The number of benzene rings is 2. The highest BCUT2D eigenvalue weighted by Gasteiger charge is 2.04. The van der Waals surface area contributed by atoms with Crippen LogP contribution in [0.15, 0.2) is 48.5 Å². The third-order valence-electron chi connectivity index (χ3n) is 3.00. The molecule has 0 unspecified atom stereocenters. The minimum absolute atomic E-state index is 0.602. The zero-order valence-electron chi connectivity index (χ0n) is 12.2. The number of hydrogen-bond acceptors (Lipinski definition) is 0. The van der Waals surface area contributed by atoms with Crippen molar-refractivity contribution in [3.05, 3.63) is 59.7 Å². The Balaban J connectivity index is 0.000000771. The molecule has 0 N–H and O–H groups in total. The fourth-order valence-electron chi connectivity index (χ4n) is 2.13. The number of hydrogen-bond donors (Lipinski definition) is 0. The van der Waals surface area contributed by atoms with Gasteiger partial charge in [0.1, 0.15) is 0 Å². The highest BCUT2D eigenvalue weighted by Crippen LogP contribution is 2.25. The fraction of sp³-hybridized carbons (Fsp3) is 0.333. The third kappa shape index (κ3) is 3.46. The van der Waals surface area contributed by atoms with E-state index in [0.29, 0.717) is 5.92 Å². The van der Waals surface area contributed by atoms with Crippen LogP contribution in [0.25, 0.3) is 11.1 Å². The van der Waals surface area contributed by atoms with Crippen LogP contribution in [0.4, 0.5) is 0 Å². The molecule has 18 heavy (non-hydrogen) atoms. The standard InChI is InChI=1S/C16H18.C2H6/c1-12(2)16-10-9-15(11-13(16)3)14-7-5-4-6-8-14;1-2/h4-12H,1-3H3;1-2H3. The second kappa shape index (κ2) is 7.00. The first-order valence-corrected chi connectivity index (χ1v) is 6.84. The molecular formula is C18H24. The van der Waals surface area contributed by atoms with Gasteiger partial charge >= 0.3 is 0 Å². The molecule has 0 aliphatic carbocycles. The van der Waals surface area contributed by atoms with Gasteiger partial charge < -0.3 is 0 Å². The summed E-state index contributed by atoms with van der Waals surface area (Å²) in [5, 5.41) is 0. The van der Waals surface area contributed by atoms with E-state index in [1.54, 1.807) is 0 Å². The second-order valence-corrected chi connectivity index (χ2v) is 4.59. The molecule has 0 saturated carbocycles. The zero-order valence-corrected chi connectivity index (χ0v) is 12.2. The molecule has 0 saturated heterocycles. The van der Waals surface area contributed by atoms with Gasteiger partial charge in [0.25, 0.3) is 0 Å². The first-order valence-electron chi connectivity index (χ1n) is 6.84. The minimum atomic E-state index is 0.602. The molecule has 0 nitrogen and oxygen atoms in total. The van der Waals surface area contributed by atoms with E-state index in [1.807, 2.05) is 13.8 Å². The van der Waals surface area contributed by atoms with Crippen molar-refractivity contribution in [3.8, 4) is 11.1 Å². The number of rotatable bonds is 2. The average molecular weight is 240 g/mol. The molecule has 0 bridgehead atoms. The lowest BCUT2D eigenvalue weighted by Gasteiger charge is -2.11. The summed E-state index contributed by atoms with van der Waals surface area (Å²) >= 11 is 0. The van der Waals surface area contributed by atoms with Crippen LogP contribution in [-0.4, -0.2) is 0 Å². The van der Waals surface area contributed by atoms with E-state index in [9.17, 15) is 0 Å².